The van der Waals surface area contributed by atoms with Gasteiger partial charge in [-0.05, 0) is 23.8 Å². The summed E-state index contributed by atoms with van der Waals surface area (Å²) in [6, 6.07) is 15.2. The molecule has 3 rings (SSSR count). The Balaban J connectivity index is 1.73. The molecule has 21 heavy (non-hydrogen) atoms. The average Bonchev–Trinajstić information content (AvgIpc) is 2.53. The van der Waals surface area contributed by atoms with Gasteiger partial charge in [0.1, 0.15) is 19.0 Å². The molecular weight excluding hydrogens is 334 g/mol. The second-order valence-electron chi connectivity index (χ2n) is 4.65. The van der Waals surface area contributed by atoms with Gasteiger partial charge in [-0.15, -0.1) is 0 Å². The summed E-state index contributed by atoms with van der Waals surface area (Å²) < 4.78 is 11.8. The Labute approximate surface area is 131 Å². The monoisotopic (exact) mass is 347 g/mol. The zero-order chi connectivity index (χ0) is 14.7. The Bertz CT molecular complexity index is 645. The van der Waals surface area contributed by atoms with Crippen LogP contribution >= 0.6 is 15.9 Å². The maximum absolute atomic E-state index is 12.3. The van der Waals surface area contributed by atoms with Gasteiger partial charge in [0, 0.05) is 4.47 Å². The first kappa shape index (κ1) is 13.9. The van der Waals surface area contributed by atoms with Crippen LogP contribution in [0.5, 0.6) is 5.75 Å². The molecule has 0 bridgehead atoms. The van der Waals surface area contributed by atoms with Crippen molar-refractivity contribution in [2.75, 3.05) is 18.1 Å². The van der Waals surface area contributed by atoms with Crippen LogP contribution < -0.4 is 9.64 Å². The second kappa shape index (κ2) is 6.18. The average molecular weight is 348 g/mol. The standard InChI is InChI=1S/C16H14BrNO3/c17-13-6-7-15-14(10-13)18(8-9-20-15)16(19)21-11-12-4-2-1-3-5-12/h1-7,10H,8-9,11H2. The fraction of sp³-hybridized carbons (Fsp3) is 0.188. The van der Waals surface area contributed by atoms with Crippen molar-refractivity contribution in [1.82, 2.24) is 0 Å². The number of hydrogen-bond acceptors (Lipinski definition) is 3. The zero-order valence-corrected chi connectivity index (χ0v) is 12.9. The van der Waals surface area contributed by atoms with Crippen molar-refractivity contribution in [3.05, 3.63) is 58.6 Å². The summed E-state index contributed by atoms with van der Waals surface area (Å²) in [6.07, 6.45) is -0.360. The Morgan fingerprint density at radius 1 is 1.24 bits per heavy atom. The molecule has 0 N–H and O–H groups in total. The van der Waals surface area contributed by atoms with Gasteiger partial charge in [0.25, 0.3) is 0 Å². The smallest absolute Gasteiger partial charge is 0.414 e. The highest BCUT2D eigenvalue weighted by Gasteiger charge is 2.25. The molecule has 108 valence electrons. The molecule has 1 amide bonds. The van der Waals surface area contributed by atoms with Crippen LogP contribution in [0.1, 0.15) is 5.56 Å². The topological polar surface area (TPSA) is 38.8 Å². The summed E-state index contributed by atoms with van der Waals surface area (Å²) in [5.41, 5.74) is 1.70. The molecule has 2 aromatic carbocycles. The van der Waals surface area contributed by atoms with E-state index in [0.29, 0.717) is 18.9 Å². The largest absolute Gasteiger partial charge is 0.490 e. The summed E-state index contributed by atoms with van der Waals surface area (Å²) in [4.78, 5) is 13.9. The molecule has 0 aliphatic carbocycles. The van der Waals surface area contributed by atoms with E-state index in [1.165, 1.54) is 0 Å². The van der Waals surface area contributed by atoms with Crippen LogP contribution in [0.4, 0.5) is 10.5 Å². The molecule has 0 radical (unpaired) electrons. The lowest BCUT2D eigenvalue weighted by molar-refractivity contribution is 0.144. The first-order chi connectivity index (χ1) is 10.2. The third-order valence-corrected chi connectivity index (χ3v) is 3.70. The summed E-state index contributed by atoms with van der Waals surface area (Å²) >= 11 is 3.41. The Morgan fingerprint density at radius 2 is 2.05 bits per heavy atom. The number of carbonyl (C=O) groups excluding carboxylic acids is 1. The third-order valence-electron chi connectivity index (χ3n) is 3.21. The maximum atomic E-state index is 12.3. The molecule has 0 atom stereocenters. The van der Waals surface area contributed by atoms with Gasteiger partial charge >= 0.3 is 6.09 Å². The number of hydrogen-bond donors (Lipinski definition) is 0. The molecule has 0 spiro atoms. The van der Waals surface area contributed by atoms with Crippen LogP contribution in [0.3, 0.4) is 0 Å². The molecule has 0 fully saturated rings. The number of fused-ring (bicyclic) bond motifs is 1. The van der Waals surface area contributed by atoms with Crippen molar-refractivity contribution < 1.29 is 14.3 Å². The van der Waals surface area contributed by atoms with E-state index in [1.54, 1.807) is 4.90 Å². The molecule has 0 saturated heterocycles. The third kappa shape index (κ3) is 3.19. The van der Waals surface area contributed by atoms with Gasteiger partial charge in [0.05, 0.1) is 12.2 Å². The number of rotatable bonds is 2. The molecule has 4 nitrogen and oxygen atoms in total. The highest BCUT2D eigenvalue weighted by molar-refractivity contribution is 9.10. The van der Waals surface area contributed by atoms with Gasteiger partial charge in [-0.1, -0.05) is 46.3 Å². The number of benzene rings is 2. The van der Waals surface area contributed by atoms with E-state index in [2.05, 4.69) is 15.9 Å². The first-order valence-electron chi connectivity index (χ1n) is 6.64. The van der Waals surface area contributed by atoms with Gasteiger partial charge in [0.2, 0.25) is 0 Å². The second-order valence-corrected chi connectivity index (χ2v) is 5.57. The van der Waals surface area contributed by atoms with Crippen LogP contribution in [0.15, 0.2) is 53.0 Å². The summed E-state index contributed by atoms with van der Waals surface area (Å²) in [6.45, 7) is 1.21. The van der Waals surface area contributed by atoms with Crippen LogP contribution in [0.2, 0.25) is 0 Å². The molecule has 0 unspecified atom stereocenters. The lowest BCUT2D eigenvalue weighted by atomic mass is 10.2. The highest BCUT2D eigenvalue weighted by atomic mass is 79.9. The van der Waals surface area contributed by atoms with Crippen molar-refractivity contribution in [2.24, 2.45) is 0 Å². The van der Waals surface area contributed by atoms with Crippen molar-refractivity contribution in [3.63, 3.8) is 0 Å². The summed E-state index contributed by atoms with van der Waals surface area (Å²) in [7, 11) is 0. The minimum atomic E-state index is -0.360. The fourth-order valence-corrected chi connectivity index (χ4v) is 2.53. The van der Waals surface area contributed by atoms with Crippen molar-refractivity contribution >= 4 is 27.7 Å². The minimum Gasteiger partial charge on any atom is -0.490 e. The Morgan fingerprint density at radius 3 is 2.86 bits per heavy atom. The zero-order valence-electron chi connectivity index (χ0n) is 11.3. The van der Waals surface area contributed by atoms with Crippen LogP contribution in [-0.4, -0.2) is 19.2 Å². The molecule has 1 aliphatic heterocycles. The van der Waals surface area contributed by atoms with Gasteiger partial charge < -0.3 is 9.47 Å². The minimum absolute atomic E-state index is 0.264. The lowest BCUT2D eigenvalue weighted by Gasteiger charge is -2.28. The molecule has 0 saturated carbocycles. The van der Waals surface area contributed by atoms with E-state index in [9.17, 15) is 4.79 Å². The molecule has 0 aromatic heterocycles. The van der Waals surface area contributed by atoms with Gasteiger partial charge in [-0.2, -0.15) is 0 Å². The van der Waals surface area contributed by atoms with Gasteiger partial charge in [0.15, 0.2) is 0 Å². The summed E-state index contributed by atoms with van der Waals surface area (Å²) in [5, 5.41) is 0. The number of amides is 1. The molecule has 1 heterocycles. The molecule has 1 aliphatic rings. The molecule has 2 aromatic rings. The van der Waals surface area contributed by atoms with E-state index in [1.807, 2.05) is 48.5 Å². The van der Waals surface area contributed by atoms with E-state index < -0.39 is 0 Å². The van der Waals surface area contributed by atoms with Crippen LogP contribution in [0.25, 0.3) is 0 Å². The Kier molecular flexibility index (Phi) is 4.10. The number of nitrogens with zero attached hydrogens (tertiary/aromatic N) is 1. The molecule has 5 heteroatoms. The first-order valence-corrected chi connectivity index (χ1v) is 7.44. The quantitative estimate of drug-likeness (QED) is 0.824. The van der Waals surface area contributed by atoms with Crippen molar-refractivity contribution in [2.45, 2.75) is 6.61 Å². The van der Waals surface area contributed by atoms with Crippen LogP contribution in [0, 0.1) is 0 Å². The van der Waals surface area contributed by atoms with E-state index in [4.69, 9.17) is 9.47 Å². The summed E-state index contributed by atoms with van der Waals surface area (Å²) in [5.74, 6) is 0.695. The fourth-order valence-electron chi connectivity index (χ4n) is 2.18. The molecular formula is C16H14BrNO3. The van der Waals surface area contributed by atoms with Crippen molar-refractivity contribution in [1.29, 1.82) is 0 Å². The number of ether oxygens (including phenoxy) is 2. The maximum Gasteiger partial charge on any atom is 0.414 e. The predicted octanol–water partition coefficient (Wildman–Crippen LogP) is 3.98. The normalized spacial score (nSPS) is 13.3. The number of halogens is 1. The van der Waals surface area contributed by atoms with Crippen LogP contribution in [-0.2, 0) is 11.3 Å². The number of carbonyl (C=O) groups is 1. The highest BCUT2D eigenvalue weighted by Crippen LogP contribution is 2.34. The Hall–Kier alpha value is -2.01. The predicted molar refractivity (Wildman–Crippen MR) is 83.6 cm³/mol. The van der Waals surface area contributed by atoms with Gasteiger partial charge in [-0.3, -0.25) is 4.90 Å². The van der Waals surface area contributed by atoms with E-state index in [0.717, 1.165) is 15.7 Å². The SMILES string of the molecule is O=C(OCc1ccccc1)N1CCOc2ccc(Br)cc21. The lowest BCUT2D eigenvalue weighted by Crippen LogP contribution is -2.38. The van der Waals surface area contributed by atoms with E-state index in [-0.39, 0.29) is 12.7 Å². The van der Waals surface area contributed by atoms with Gasteiger partial charge in [-0.25, -0.2) is 4.79 Å². The number of anilines is 1. The van der Waals surface area contributed by atoms with E-state index >= 15 is 0 Å². The van der Waals surface area contributed by atoms with Crippen molar-refractivity contribution in [3.8, 4) is 5.75 Å².